The SMILES string of the molecule is N=c1nc(N2CCCCC2)cc(N)n1O.O.O=[P+](O)O. The molecule has 0 unspecified atom stereocenters. The quantitative estimate of drug-likeness (QED) is 0.325. The summed E-state index contributed by atoms with van der Waals surface area (Å²) in [7, 11) is -2.87. The largest absolute Gasteiger partial charge is 0.692 e. The van der Waals surface area contributed by atoms with E-state index in [9.17, 15) is 5.21 Å². The van der Waals surface area contributed by atoms with E-state index in [-0.39, 0.29) is 16.9 Å². The molecule has 1 aliphatic heterocycles. The normalized spacial score (nSPS) is 13.8. The molecular formula is C9H19N5O5P+. The number of rotatable bonds is 1. The van der Waals surface area contributed by atoms with E-state index in [1.165, 1.54) is 6.42 Å². The third-order valence-corrected chi connectivity index (χ3v) is 2.62. The van der Waals surface area contributed by atoms with Crippen molar-refractivity contribution in [3.63, 3.8) is 0 Å². The lowest BCUT2D eigenvalue weighted by Gasteiger charge is -2.27. The van der Waals surface area contributed by atoms with Gasteiger partial charge >= 0.3 is 8.25 Å². The van der Waals surface area contributed by atoms with Crippen molar-refractivity contribution in [2.75, 3.05) is 23.7 Å². The predicted molar refractivity (Wildman–Crippen MR) is 71.4 cm³/mol. The molecule has 20 heavy (non-hydrogen) atoms. The second kappa shape index (κ2) is 8.43. The summed E-state index contributed by atoms with van der Waals surface area (Å²) in [5.74, 6) is 0.832. The fourth-order valence-electron chi connectivity index (χ4n) is 1.79. The first-order chi connectivity index (χ1) is 8.91. The minimum atomic E-state index is -2.87. The number of hydrogen-bond donors (Lipinski definition) is 5. The zero-order valence-electron chi connectivity index (χ0n) is 10.7. The van der Waals surface area contributed by atoms with Crippen LogP contribution in [0.4, 0.5) is 11.6 Å². The van der Waals surface area contributed by atoms with E-state index in [1.807, 2.05) is 0 Å². The first-order valence-electron chi connectivity index (χ1n) is 5.65. The molecule has 0 spiro atoms. The molecule has 1 aromatic heterocycles. The average Bonchev–Trinajstić information content (AvgIpc) is 2.36. The van der Waals surface area contributed by atoms with E-state index in [1.54, 1.807) is 6.07 Å². The molecule has 0 radical (unpaired) electrons. The summed E-state index contributed by atoms with van der Waals surface area (Å²) in [4.78, 5) is 20.3. The molecule has 0 bridgehead atoms. The van der Waals surface area contributed by atoms with Crippen LogP contribution in [0.25, 0.3) is 0 Å². The molecule has 0 saturated carbocycles. The number of nitrogens with one attached hydrogen (secondary N) is 1. The summed E-state index contributed by atoms with van der Waals surface area (Å²) in [6, 6.07) is 1.60. The second-order valence-corrected chi connectivity index (χ2v) is 4.48. The van der Waals surface area contributed by atoms with Gasteiger partial charge < -0.3 is 21.3 Å². The Morgan fingerprint density at radius 2 is 1.80 bits per heavy atom. The zero-order valence-corrected chi connectivity index (χ0v) is 11.6. The highest BCUT2D eigenvalue weighted by molar-refractivity contribution is 7.30. The van der Waals surface area contributed by atoms with Crippen LogP contribution in [0.5, 0.6) is 0 Å². The molecular weight excluding hydrogens is 289 g/mol. The maximum atomic E-state index is 9.25. The van der Waals surface area contributed by atoms with Crippen molar-refractivity contribution in [1.29, 1.82) is 5.41 Å². The third kappa shape index (κ3) is 5.49. The number of nitrogen functional groups attached to an aromatic ring is 1. The van der Waals surface area contributed by atoms with Crippen molar-refractivity contribution in [2.24, 2.45) is 0 Å². The van der Waals surface area contributed by atoms with Gasteiger partial charge in [0.1, 0.15) is 11.6 Å². The van der Waals surface area contributed by atoms with Crippen LogP contribution < -0.4 is 16.3 Å². The van der Waals surface area contributed by atoms with Gasteiger partial charge in [-0.3, -0.25) is 5.41 Å². The van der Waals surface area contributed by atoms with Crippen molar-refractivity contribution >= 4 is 19.9 Å². The van der Waals surface area contributed by atoms with Crippen LogP contribution in [0.1, 0.15) is 19.3 Å². The molecule has 10 nitrogen and oxygen atoms in total. The van der Waals surface area contributed by atoms with E-state index in [2.05, 4.69) is 9.88 Å². The van der Waals surface area contributed by atoms with Gasteiger partial charge in [0, 0.05) is 23.7 Å². The Labute approximate surface area is 115 Å². The van der Waals surface area contributed by atoms with E-state index in [0.29, 0.717) is 10.5 Å². The number of nitrogens with two attached hydrogens (primary N) is 1. The van der Waals surface area contributed by atoms with Gasteiger partial charge in [0.25, 0.3) is 5.62 Å². The standard InChI is InChI=1S/C9H15N5O.HO3P.H2O/c10-7-6-8(12-9(11)14(7)15)13-4-2-1-3-5-13;1-4(2)3;/h6,11,15H,1-5,10H2;(H-,1,2,3);1H2/p+1. The molecule has 1 aliphatic rings. The van der Waals surface area contributed by atoms with Crippen molar-refractivity contribution in [3.05, 3.63) is 11.7 Å². The van der Waals surface area contributed by atoms with Crippen LogP contribution in [0, 0.1) is 5.41 Å². The van der Waals surface area contributed by atoms with E-state index >= 15 is 0 Å². The maximum Gasteiger partial charge on any atom is 0.692 e. The molecule has 0 amide bonds. The molecule has 2 rings (SSSR count). The number of nitrogens with zero attached hydrogens (tertiary/aromatic N) is 3. The van der Waals surface area contributed by atoms with Crippen molar-refractivity contribution in [2.45, 2.75) is 19.3 Å². The number of piperidine rings is 1. The minimum Gasteiger partial charge on any atom is -0.423 e. The highest BCUT2D eigenvalue weighted by Gasteiger charge is 2.13. The van der Waals surface area contributed by atoms with Gasteiger partial charge in [-0.05, 0) is 19.3 Å². The number of aromatic nitrogens is 2. The van der Waals surface area contributed by atoms with Crippen molar-refractivity contribution < 1.29 is 25.0 Å². The zero-order chi connectivity index (χ0) is 14.4. The summed E-state index contributed by atoms with van der Waals surface area (Å²) in [5.41, 5.74) is 5.33. The predicted octanol–water partition coefficient (Wildman–Crippen LogP) is -1.02. The molecule has 1 fully saturated rings. The van der Waals surface area contributed by atoms with Gasteiger partial charge in [0.05, 0.1) is 0 Å². The molecule has 0 atom stereocenters. The average molecular weight is 308 g/mol. The lowest BCUT2D eigenvalue weighted by molar-refractivity contribution is 0.171. The fraction of sp³-hybridized carbons (Fsp3) is 0.556. The molecule has 2 heterocycles. The van der Waals surface area contributed by atoms with Crippen molar-refractivity contribution in [1.82, 2.24) is 9.71 Å². The lowest BCUT2D eigenvalue weighted by atomic mass is 10.1. The van der Waals surface area contributed by atoms with Gasteiger partial charge in [0.2, 0.25) is 0 Å². The maximum absolute atomic E-state index is 9.25. The van der Waals surface area contributed by atoms with Gasteiger partial charge in [-0.2, -0.15) is 4.98 Å². The molecule has 0 aliphatic carbocycles. The van der Waals surface area contributed by atoms with Crippen LogP contribution >= 0.6 is 8.25 Å². The Morgan fingerprint density at radius 1 is 1.30 bits per heavy atom. The summed E-state index contributed by atoms with van der Waals surface area (Å²) < 4.78 is 9.28. The molecule has 0 aromatic carbocycles. The summed E-state index contributed by atoms with van der Waals surface area (Å²) in [6.45, 7) is 1.89. The van der Waals surface area contributed by atoms with E-state index in [4.69, 9.17) is 25.5 Å². The van der Waals surface area contributed by atoms with Gasteiger partial charge in [-0.1, -0.05) is 0 Å². The molecule has 114 valence electrons. The topological polar surface area (TPSA) is 180 Å². The van der Waals surface area contributed by atoms with Gasteiger partial charge in [-0.15, -0.1) is 14.5 Å². The van der Waals surface area contributed by atoms with E-state index in [0.717, 1.165) is 25.9 Å². The summed E-state index contributed by atoms with van der Waals surface area (Å²) in [5, 5.41) is 16.7. The van der Waals surface area contributed by atoms with Crippen LogP contribution in [0.2, 0.25) is 0 Å². The first kappa shape index (κ1) is 18.3. The first-order valence-corrected chi connectivity index (χ1v) is 6.81. The minimum absolute atomic E-state index is 0. The Bertz CT molecular complexity index is 498. The fourth-order valence-corrected chi connectivity index (χ4v) is 1.79. The Hall–Kier alpha value is -1.74. The highest BCUT2D eigenvalue weighted by atomic mass is 31.1. The van der Waals surface area contributed by atoms with Crippen LogP contribution in [-0.2, 0) is 4.57 Å². The monoisotopic (exact) mass is 308 g/mol. The summed E-state index contributed by atoms with van der Waals surface area (Å²) in [6.07, 6.45) is 3.53. The van der Waals surface area contributed by atoms with Crippen molar-refractivity contribution in [3.8, 4) is 0 Å². The van der Waals surface area contributed by atoms with Crippen LogP contribution in [0.3, 0.4) is 0 Å². The summed E-state index contributed by atoms with van der Waals surface area (Å²) >= 11 is 0. The van der Waals surface area contributed by atoms with Gasteiger partial charge in [0.15, 0.2) is 0 Å². The van der Waals surface area contributed by atoms with E-state index < -0.39 is 8.25 Å². The van der Waals surface area contributed by atoms with Crippen LogP contribution in [-0.4, -0.2) is 43.3 Å². The smallest absolute Gasteiger partial charge is 0.423 e. The number of hydrogen-bond acceptors (Lipinski definition) is 6. The third-order valence-electron chi connectivity index (χ3n) is 2.62. The Morgan fingerprint density at radius 3 is 2.25 bits per heavy atom. The molecule has 11 heteroatoms. The number of anilines is 2. The lowest BCUT2D eigenvalue weighted by Crippen LogP contribution is -2.33. The Kier molecular flexibility index (Phi) is 7.70. The highest BCUT2D eigenvalue weighted by Crippen LogP contribution is 2.17. The molecule has 1 saturated heterocycles. The Balaban J connectivity index is 0.000000644. The second-order valence-electron chi connectivity index (χ2n) is 3.98. The molecule has 8 N–H and O–H groups in total. The molecule has 1 aromatic rings. The van der Waals surface area contributed by atoms with Crippen LogP contribution in [0.15, 0.2) is 6.07 Å². The van der Waals surface area contributed by atoms with Gasteiger partial charge in [-0.25, -0.2) is 0 Å².